The maximum atomic E-state index is 8.85. The Kier molecular flexibility index (Phi) is 4.99. The number of nitrogens with one attached hydrogen (secondary N) is 1. The molecule has 1 aromatic carbocycles. The van der Waals surface area contributed by atoms with Crippen molar-refractivity contribution >= 4 is 0 Å². The molecule has 0 aliphatic carbocycles. The summed E-state index contributed by atoms with van der Waals surface area (Å²) in [5.74, 6) is 0.896. The third kappa shape index (κ3) is 4.88. The Morgan fingerprint density at radius 1 is 1.41 bits per heavy atom. The number of hydrogen-bond donors (Lipinski definition) is 1. The topological polar surface area (TPSA) is 45.0 Å². The van der Waals surface area contributed by atoms with E-state index in [1.54, 1.807) is 7.11 Å². The van der Waals surface area contributed by atoms with Crippen molar-refractivity contribution in [3.05, 3.63) is 29.8 Å². The van der Waals surface area contributed by atoms with E-state index in [0.717, 1.165) is 25.1 Å². The van der Waals surface area contributed by atoms with E-state index in [2.05, 4.69) is 23.5 Å². The molecule has 0 aromatic heterocycles. The Hall–Kier alpha value is -1.53. The minimum absolute atomic E-state index is 0.436. The molecule has 0 bridgehead atoms. The molecule has 0 fully saturated rings. The zero-order valence-corrected chi connectivity index (χ0v) is 10.8. The van der Waals surface area contributed by atoms with Crippen LogP contribution >= 0.6 is 0 Å². The summed E-state index contributed by atoms with van der Waals surface area (Å²) in [5.41, 5.74) is 0.829. The minimum atomic E-state index is -0.436. The molecule has 3 nitrogen and oxygen atoms in total. The van der Waals surface area contributed by atoms with Gasteiger partial charge in [0.25, 0.3) is 0 Å². The van der Waals surface area contributed by atoms with Crippen molar-refractivity contribution < 1.29 is 4.74 Å². The highest BCUT2D eigenvalue weighted by Crippen LogP contribution is 2.13. The van der Waals surface area contributed by atoms with E-state index in [0.29, 0.717) is 0 Å². The second-order valence-electron chi connectivity index (χ2n) is 4.62. The highest BCUT2D eigenvalue weighted by Gasteiger charge is 2.13. The molecular formula is C14H20N2O. The van der Waals surface area contributed by atoms with Crippen LogP contribution in [-0.4, -0.2) is 19.2 Å². The lowest BCUT2D eigenvalue weighted by Crippen LogP contribution is -2.38. The average molecular weight is 232 g/mol. The molecule has 3 heteroatoms. The van der Waals surface area contributed by atoms with Gasteiger partial charge in [-0.25, -0.2) is 0 Å². The van der Waals surface area contributed by atoms with E-state index in [9.17, 15) is 0 Å². The van der Waals surface area contributed by atoms with Gasteiger partial charge in [0.1, 0.15) is 11.3 Å². The summed E-state index contributed by atoms with van der Waals surface area (Å²) < 4.78 is 5.17. The van der Waals surface area contributed by atoms with Crippen molar-refractivity contribution in [3.63, 3.8) is 0 Å². The van der Waals surface area contributed by atoms with Crippen molar-refractivity contribution in [2.24, 2.45) is 0 Å². The highest BCUT2D eigenvalue weighted by atomic mass is 16.5. The molecule has 0 unspecified atom stereocenters. The summed E-state index contributed by atoms with van der Waals surface area (Å²) >= 11 is 0. The summed E-state index contributed by atoms with van der Waals surface area (Å²) in [6.07, 6.45) is 2.00. The number of hydrogen-bond acceptors (Lipinski definition) is 3. The Balaban J connectivity index is 2.34. The Morgan fingerprint density at radius 2 is 2.18 bits per heavy atom. The van der Waals surface area contributed by atoms with E-state index in [1.165, 1.54) is 5.56 Å². The molecule has 92 valence electrons. The lowest BCUT2D eigenvalue weighted by Gasteiger charge is -2.17. The molecule has 0 aliphatic heterocycles. The van der Waals surface area contributed by atoms with Crippen molar-refractivity contribution in [1.82, 2.24) is 5.32 Å². The summed E-state index contributed by atoms with van der Waals surface area (Å²) in [4.78, 5) is 0. The Morgan fingerprint density at radius 3 is 2.82 bits per heavy atom. The second kappa shape index (κ2) is 6.27. The number of nitrogens with zero attached hydrogens (tertiary/aromatic N) is 1. The second-order valence-corrected chi connectivity index (χ2v) is 4.62. The first-order valence-corrected chi connectivity index (χ1v) is 5.86. The van der Waals surface area contributed by atoms with Crippen LogP contribution in [-0.2, 0) is 6.42 Å². The highest BCUT2D eigenvalue weighted by molar-refractivity contribution is 5.28. The van der Waals surface area contributed by atoms with Crippen molar-refractivity contribution in [3.8, 4) is 11.8 Å². The van der Waals surface area contributed by atoms with Gasteiger partial charge in [0.15, 0.2) is 0 Å². The molecule has 0 saturated carbocycles. The van der Waals surface area contributed by atoms with Crippen LogP contribution in [0.2, 0.25) is 0 Å². The summed E-state index contributed by atoms with van der Waals surface area (Å²) in [6.45, 7) is 4.62. The summed E-state index contributed by atoms with van der Waals surface area (Å²) in [6, 6.07) is 10.3. The molecule has 0 heterocycles. The van der Waals surface area contributed by atoms with Crippen LogP contribution in [0, 0.1) is 11.3 Å². The van der Waals surface area contributed by atoms with E-state index in [4.69, 9.17) is 10.00 Å². The van der Waals surface area contributed by atoms with Crippen LogP contribution in [0.1, 0.15) is 25.8 Å². The first kappa shape index (κ1) is 13.5. The quantitative estimate of drug-likeness (QED) is 0.766. The fourth-order valence-corrected chi connectivity index (χ4v) is 1.56. The van der Waals surface area contributed by atoms with Crippen LogP contribution in [0.3, 0.4) is 0 Å². The summed E-state index contributed by atoms with van der Waals surface area (Å²) in [5, 5.41) is 12.1. The van der Waals surface area contributed by atoms with Crippen molar-refractivity contribution in [2.45, 2.75) is 32.2 Å². The fraction of sp³-hybridized carbons (Fsp3) is 0.500. The van der Waals surface area contributed by atoms with Gasteiger partial charge >= 0.3 is 0 Å². The molecule has 1 N–H and O–H groups in total. The largest absolute Gasteiger partial charge is 0.497 e. The Labute approximate surface area is 103 Å². The molecule has 0 spiro atoms. The normalized spacial score (nSPS) is 10.9. The van der Waals surface area contributed by atoms with Crippen LogP contribution < -0.4 is 10.1 Å². The lowest BCUT2D eigenvalue weighted by atomic mass is 10.1. The molecule has 0 saturated heterocycles. The van der Waals surface area contributed by atoms with Gasteiger partial charge in [-0.2, -0.15) is 5.26 Å². The van der Waals surface area contributed by atoms with Gasteiger partial charge in [0.05, 0.1) is 13.2 Å². The number of ether oxygens (including phenoxy) is 1. The van der Waals surface area contributed by atoms with Gasteiger partial charge < -0.3 is 4.74 Å². The number of nitriles is 1. The van der Waals surface area contributed by atoms with E-state index >= 15 is 0 Å². The van der Waals surface area contributed by atoms with Crippen molar-refractivity contribution in [2.75, 3.05) is 13.7 Å². The predicted molar refractivity (Wildman–Crippen MR) is 69.0 cm³/mol. The van der Waals surface area contributed by atoms with Crippen LogP contribution in [0.25, 0.3) is 0 Å². The smallest absolute Gasteiger partial charge is 0.119 e. The maximum absolute atomic E-state index is 8.85. The molecule has 1 rings (SSSR count). The zero-order valence-electron chi connectivity index (χ0n) is 10.8. The van der Waals surface area contributed by atoms with Crippen LogP contribution in [0.4, 0.5) is 0 Å². The molecule has 0 aliphatic rings. The number of rotatable bonds is 6. The van der Waals surface area contributed by atoms with Gasteiger partial charge in [0.2, 0.25) is 0 Å². The standard InChI is InChI=1S/C14H20N2O/c1-14(2,11-15)16-9-5-7-12-6-4-8-13(10-12)17-3/h4,6,8,10,16H,5,7,9H2,1-3H3. The number of methoxy groups -OCH3 is 1. The first-order chi connectivity index (χ1) is 8.07. The third-order valence-electron chi connectivity index (χ3n) is 2.62. The van der Waals surface area contributed by atoms with Crippen LogP contribution in [0.5, 0.6) is 5.75 Å². The molecule has 17 heavy (non-hydrogen) atoms. The predicted octanol–water partition coefficient (Wildman–Crippen LogP) is 2.52. The Bertz CT molecular complexity index is 393. The number of benzene rings is 1. The third-order valence-corrected chi connectivity index (χ3v) is 2.62. The molecule has 0 atom stereocenters. The fourth-order valence-electron chi connectivity index (χ4n) is 1.56. The monoisotopic (exact) mass is 232 g/mol. The lowest BCUT2D eigenvalue weighted by molar-refractivity contribution is 0.414. The zero-order chi connectivity index (χ0) is 12.7. The number of aryl methyl sites for hydroxylation is 1. The van der Waals surface area contributed by atoms with Gasteiger partial charge in [-0.1, -0.05) is 12.1 Å². The molecule has 0 amide bonds. The summed E-state index contributed by atoms with van der Waals surface area (Å²) in [7, 11) is 1.68. The maximum Gasteiger partial charge on any atom is 0.119 e. The van der Waals surface area contributed by atoms with Gasteiger partial charge in [-0.15, -0.1) is 0 Å². The first-order valence-electron chi connectivity index (χ1n) is 5.86. The van der Waals surface area contributed by atoms with E-state index in [-0.39, 0.29) is 0 Å². The molecular weight excluding hydrogens is 212 g/mol. The SMILES string of the molecule is COc1cccc(CCCNC(C)(C)C#N)c1. The van der Waals surface area contributed by atoms with Crippen LogP contribution in [0.15, 0.2) is 24.3 Å². The molecule has 1 aromatic rings. The molecule has 0 radical (unpaired) electrons. The average Bonchev–Trinajstić information content (AvgIpc) is 2.35. The minimum Gasteiger partial charge on any atom is -0.497 e. The van der Waals surface area contributed by atoms with Crippen molar-refractivity contribution in [1.29, 1.82) is 5.26 Å². The van der Waals surface area contributed by atoms with E-state index < -0.39 is 5.54 Å². The van der Waals surface area contributed by atoms with Gasteiger partial charge in [0, 0.05) is 0 Å². The van der Waals surface area contributed by atoms with Gasteiger partial charge in [-0.05, 0) is 50.9 Å². The van der Waals surface area contributed by atoms with Gasteiger partial charge in [-0.3, -0.25) is 5.32 Å². The van der Waals surface area contributed by atoms with E-state index in [1.807, 2.05) is 26.0 Å².